The van der Waals surface area contributed by atoms with Gasteiger partial charge in [0.15, 0.2) is 0 Å². The van der Waals surface area contributed by atoms with Gasteiger partial charge in [-0.15, -0.1) is 4.91 Å². The minimum Gasteiger partial charge on any atom is -0.342 e. The first-order chi connectivity index (χ1) is 7.90. The average Bonchev–Trinajstić information content (AvgIpc) is 2.33. The highest BCUT2D eigenvalue weighted by Gasteiger charge is 2.07. The van der Waals surface area contributed by atoms with Crippen LogP contribution in [0.4, 0.5) is 0 Å². The molecule has 3 heteroatoms. The number of rotatable bonds is 3. The summed E-state index contributed by atoms with van der Waals surface area (Å²) in [5, 5.41) is 2.81. The lowest BCUT2D eigenvalue weighted by atomic mass is 10.2. The van der Waals surface area contributed by atoms with Crippen molar-refractivity contribution in [3.8, 4) is 0 Å². The molecule has 0 fully saturated rings. The zero-order chi connectivity index (χ0) is 11.2. The summed E-state index contributed by atoms with van der Waals surface area (Å²) in [6, 6.07) is 10.1. The Hall–Kier alpha value is -2.16. The largest absolute Gasteiger partial charge is 0.342 e. The Morgan fingerprint density at radius 1 is 1.19 bits per heavy atom. The molecule has 80 valence electrons. The van der Waals surface area contributed by atoms with Gasteiger partial charge in [0.1, 0.15) is 0 Å². The van der Waals surface area contributed by atoms with Crippen molar-refractivity contribution < 1.29 is 0 Å². The molecule has 2 rings (SSSR count). The normalized spacial score (nSPS) is 16.8. The Kier molecular flexibility index (Phi) is 3.28. The van der Waals surface area contributed by atoms with E-state index in [1.54, 1.807) is 0 Å². The standard InChI is InChI=1S/C13H12N2O/c16-14-10-13-8-4-5-9-15(13)11-12-6-2-1-3-7-12/h1-10H,11H2. The average molecular weight is 212 g/mol. The van der Waals surface area contributed by atoms with Crippen molar-refractivity contribution in [3.63, 3.8) is 0 Å². The Labute approximate surface area is 94.4 Å². The number of hydrogen-bond donors (Lipinski definition) is 0. The highest BCUT2D eigenvalue weighted by molar-refractivity contribution is 5.29. The van der Waals surface area contributed by atoms with Gasteiger partial charge < -0.3 is 4.90 Å². The van der Waals surface area contributed by atoms with Gasteiger partial charge in [0.2, 0.25) is 0 Å². The first-order valence-electron chi connectivity index (χ1n) is 5.08. The molecule has 1 aromatic rings. The summed E-state index contributed by atoms with van der Waals surface area (Å²) in [4.78, 5) is 12.2. The van der Waals surface area contributed by atoms with E-state index >= 15 is 0 Å². The lowest BCUT2D eigenvalue weighted by Gasteiger charge is -2.22. The quantitative estimate of drug-likeness (QED) is 0.721. The molecule has 1 heterocycles. The van der Waals surface area contributed by atoms with Crippen LogP contribution in [0.5, 0.6) is 0 Å². The van der Waals surface area contributed by atoms with E-state index in [9.17, 15) is 4.91 Å². The zero-order valence-corrected chi connectivity index (χ0v) is 8.78. The topological polar surface area (TPSA) is 32.7 Å². The Morgan fingerprint density at radius 2 is 2.00 bits per heavy atom. The van der Waals surface area contributed by atoms with E-state index in [4.69, 9.17) is 0 Å². The summed E-state index contributed by atoms with van der Waals surface area (Å²) in [5.41, 5.74) is 2.00. The monoisotopic (exact) mass is 212 g/mol. The molecule has 0 unspecified atom stereocenters. The lowest BCUT2D eigenvalue weighted by Crippen LogP contribution is -2.16. The summed E-state index contributed by atoms with van der Waals surface area (Å²) < 4.78 is 0. The van der Waals surface area contributed by atoms with Gasteiger partial charge in [0, 0.05) is 12.7 Å². The Bertz CT molecular complexity index is 446. The van der Waals surface area contributed by atoms with Crippen molar-refractivity contribution in [2.75, 3.05) is 0 Å². The summed E-state index contributed by atoms with van der Waals surface area (Å²) in [7, 11) is 0. The van der Waals surface area contributed by atoms with Crippen LogP contribution in [0.25, 0.3) is 0 Å². The zero-order valence-electron chi connectivity index (χ0n) is 8.78. The summed E-state index contributed by atoms with van der Waals surface area (Å²) in [5.74, 6) is 0. The maximum absolute atomic E-state index is 10.3. The molecule has 1 aliphatic heterocycles. The van der Waals surface area contributed by atoms with Gasteiger partial charge in [-0.05, 0) is 22.9 Å². The van der Waals surface area contributed by atoms with Crippen molar-refractivity contribution >= 4 is 0 Å². The van der Waals surface area contributed by atoms with Gasteiger partial charge in [-0.3, -0.25) is 0 Å². The van der Waals surface area contributed by atoms with Crippen molar-refractivity contribution in [2.24, 2.45) is 5.18 Å². The fourth-order valence-corrected chi connectivity index (χ4v) is 1.58. The van der Waals surface area contributed by atoms with Crippen molar-refractivity contribution in [1.29, 1.82) is 0 Å². The van der Waals surface area contributed by atoms with E-state index < -0.39 is 0 Å². The van der Waals surface area contributed by atoms with Crippen molar-refractivity contribution in [2.45, 2.75) is 6.54 Å². The molecule has 1 aliphatic rings. The van der Waals surface area contributed by atoms with E-state index in [2.05, 4.69) is 17.3 Å². The van der Waals surface area contributed by atoms with Crippen LogP contribution in [-0.2, 0) is 6.54 Å². The molecular formula is C13H12N2O. The summed E-state index contributed by atoms with van der Waals surface area (Å²) >= 11 is 0. The smallest absolute Gasteiger partial charge is 0.0951 e. The Balaban J connectivity index is 2.15. The van der Waals surface area contributed by atoms with Gasteiger partial charge in [-0.1, -0.05) is 36.4 Å². The van der Waals surface area contributed by atoms with Crippen LogP contribution < -0.4 is 0 Å². The highest BCUT2D eigenvalue weighted by atomic mass is 16.2. The summed E-state index contributed by atoms with van der Waals surface area (Å²) in [6.07, 6.45) is 8.95. The van der Waals surface area contributed by atoms with Crippen molar-refractivity contribution in [1.82, 2.24) is 4.90 Å². The number of hydrogen-bond acceptors (Lipinski definition) is 3. The molecule has 0 bridgehead atoms. The summed E-state index contributed by atoms with van der Waals surface area (Å²) in [6.45, 7) is 0.739. The number of benzene rings is 1. The molecule has 0 aromatic heterocycles. The molecule has 0 amide bonds. The van der Waals surface area contributed by atoms with Crippen LogP contribution >= 0.6 is 0 Å². The molecule has 0 saturated heterocycles. The van der Waals surface area contributed by atoms with E-state index in [1.165, 1.54) is 11.8 Å². The van der Waals surface area contributed by atoms with Crippen LogP contribution in [0.1, 0.15) is 5.56 Å². The minimum absolute atomic E-state index is 0.739. The van der Waals surface area contributed by atoms with E-state index in [0.717, 1.165) is 12.2 Å². The molecule has 0 spiro atoms. The van der Waals surface area contributed by atoms with Crippen LogP contribution in [0.3, 0.4) is 0 Å². The maximum atomic E-state index is 10.3. The molecule has 0 saturated carbocycles. The van der Waals surface area contributed by atoms with Crippen LogP contribution in [0.2, 0.25) is 0 Å². The number of allylic oxidation sites excluding steroid dienone is 3. The highest BCUT2D eigenvalue weighted by Crippen LogP contribution is 2.16. The lowest BCUT2D eigenvalue weighted by molar-refractivity contribution is 0.468. The third-order valence-electron chi connectivity index (χ3n) is 2.36. The molecule has 16 heavy (non-hydrogen) atoms. The molecule has 3 nitrogen and oxygen atoms in total. The SMILES string of the molecule is O=NC=C1C=CC=CN1Cc1ccccc1. The van der Waals surface area contributed by atoms with E-state index in [0.29, 0.717) is 0 Å². The fraction of sp³-hybridized carbons (Fsp3) is 0.0769. The molecule has 0 atom stereocenters. The second-order valence-electron chi connectivity index (χ2n) is 3.47. The minimum atomic E-state index is 0.739. The first-order valence-corrected chi connectivity index (χ1v) is 5.08. The molecule has 0 aliphatic carbocycles. The van der Waals surface area contributed by atoms with Gasteiger partial charge >= 0.3 is 0 Å². The van der Waals surface area contributed by atoms with E-state index in [1.807, 2.05) is 47.5 Å². The predicted molar refractivity (Wildman–Crippen MR) is 64.1 cm³/mol. The van der Waals surface area contributed by atoms with Crippen molar-refractivity contribution in [3.05, 3.63) is 77.1 Å². The van der Waals surface area contributed by atoms with Gasteiger partial charge in [-0.25, -0.2) is 0 Å². The number of nitrogens with zero attached hydrogens (tertiary/aromatic N) is 2. The third-order valence-corrected chi connectivity index (χ3v) is 2.36. The predicted octanol–water partition coefficient (Wildman–Crippen LogP) is 3.18. The molecule has 0 N–H and O–H groups in total. The van der Waals surface area contributed by atoms with Gasteiger partial charge in [0.05, 0.1) is 11.9 Å². The molecule has 1 aromatic carbocycles. The second-order valence-corrected chi connectivity index (χ2v) is 3.47. The van der Waals surface area contributed by atoms with Gasteiger partial charge in [0.25, 0.3) is 0 Å². The Morgan fingerprint density at radius 3 is 2.75 bits per heavy atom. The second kappa shape index (κ2) is 5.07. The van der Waals surface area contributed by atoms with Gasteiger partial charge in [-0.2, -0.15) is 0 Å². The van der Waals surface area contributed by atoms with E-state index in [-0.39, 0.29) is 0 Å². The first kappa shape index (κ1) is 10.4. The maximum Gasteiger partial charge on any atom is 0.0951 e. The van der Waals surface area contributed by atoms with Crippen LogP contribution in [0, 0.1) is 4.91 Å². The fourth-order valence-electron chi connectivity index (χ4n) is 1.58. The molecular weight excluding hydrogens is 200 g/mol. The third kappa shape index (κ3) is 2.45. The van der Waals surface area contributed by atoms with Crippen LogP contribution in [-0.4, -0.2) is 4.90 Å². The van der Waals surface area contributed by atoms with Crippen LogP contribution in [0.15, 0.2) is 71.8 Å². The molecule has 0 radical (unpaired) electrons. The number of nitroso groups, excluding NO2 is 1.